The van der Waals surface area contributed by atoms with E-state index in [-0.39, 0.29) is 4.40 Å². The average molecular weight is 261 g/mol. The molecule has 1 aromatic rings. The van der Waals surface area contributed by atoms with Crippen molar-refractivity contribution in [1.29, 1.82) is 0 Å². The molecular weight excluding hydrogens is 243 g/mol. The first-order valence-corrected chi connectivity index (χ1v) is 8.22. The van der Waals surface area contributed by atoms with Gasteiger partial charge in [-0.3, -0.25) is 0 Å². The zero-order valence-corrected chi connectivity index (χ0v) is 10.7. The van der Waals surface area contributed by atoms with Crippen molar-refractivity contribution in [3.8, 4) is 0 Å². The van der Waals surface area contributed by atoms with Crippen LogP contribution in [0.2, 0.25) is 5.21 Å². The molecular formula is C11H16F2Ge. The van der Waals surface area contributed by atoms with Crippen LogP contribution in [0.3, 0.4) is 0 Å². The molecule has 0 nitrogen and oxygen atoms in total. The van der Waals surface area contributed by atoms with Gasteiger partial charge in [-0.15, -0.1) is 0 Å². The predicted octanol–water partition coefficient (Wildman–Crippen LogP) is 3.32. The molecule has 0 bridgehead atoms. The molecule has 1 rings (SSSR count). The Morgan fingerprint density at radius 2 is 1.71 bits per heavy atom. The van der Waals surface area contributed by atoms with Crippen LogP contribution in [0.15, 0.2) is 30.3 Å². The molecule has 78 valence electrons. The van der Waals surface area contributed by atoms with Gasteiger partial charge in [0.15, 0.2) is 0 Å². The van der Waals surface area contributed by atoms with E-state index in [0.717, 1.165) is 0 Å². The molecule has 0 radical (unpaired) electrons. The van der Waals surface area contributed by atoms with Gasteiger partial charge in [-0.1, -0.05) is 0 Å². The quantitative estimate of drug-likeness (QED) is 0.716. The Balaban J connectivity index is 3.22. The van der Waals surface area contributed by atoms with Crippen molar-refractivity contribution in [2.75, 3.05) is 0 Å². The molecule has 3 heteroatoms. The summed E-state index contributed by atoms with van der Waals surface area (Å²) in [6, 6.07) is 7.40. The molecule has 1 aromatic carbocycles. The van der Waals surface area contributed by atoms with Gasteiger partial charge in [-0.2, -0.15) is 0 Å². The van der Waals surface area contributed by atoms with Crippen LogP contribution in [0.1, 0.15) is 23.5 Å². The molecule has 0 saturated heterocycles. The summed E-state index contributed by atoms with van der Waals surface area (Å²) in [5.41, 5.74) is -1.05. The van der Waals surface area contributed by atoms with Crippen molar-refractivity contribution in [1.82, 2.24) is 0 Å². The van der Waals surface area contributed by atoms with E-state index in [1.54, 1.807) is 6.07 Å². The number of halogens is 2. The molecule has 0 unspecified atom stereocenters. The van der Waals surface area contributed by atoms with E-state index in [9.17, 15) is 7.00 Å². The van der Waals surface area contributed by atoms with Gasteiger partial charge in [0, 0.05) is 0 Å². The molecule has 0 N–H and O–H groups in total. The Morgan fingerprint density at radius 3 is 2.14 bits per heavy atom. The van der Waals surface area contributed by atoms with Gasteiger partial charge in [-0.05, 0) is 0 Å². The first-order valence-electron chi connectivity index (χ1n) is 5.54. The molecule has 0 spiro atoms. The van der Waals surface area contributed by atoms with E-state index in [2.05, 4.69) is 0 Å². The van der Waals surface area contributed by atoms with Gasteiger partial charge in [0.2, 0.25) is 0 Å². The second-order valence-corrected chi connectivity index (χ2v) is 8.46. The minimum atomic E-state index is -5.67. The van der Waals surface area contributed by atoms with Crippen molar-refractivity contribution < 1.29 is 9.74 Å². The van der Waals surface area contributed by atoms with Gasteiger partial charge < -0.3 is 0 Å². The summed E-state index contributed by atoms with van der Waals surface area (Å²) in [6.07, 6.45) is 0. The Kier molecular flexibility index (Phi) is 2.55. The molecule has 0 fully saturated rings. The average Bonchev–Trinajstić information content (AvgIpc) is 2.17. The SMILES string of the molecule is [2H][C]([2H])(C(C)(C)C)[Ge]([F])([F])[c]1ccccc1. The van der Waals surface area contributed by atoms with Crippen molar-refractivity contribution in [3.63, 3.8) is 0 Å². The normalized spacial score (nSPS) is 16.1. The second kappa shape index (κ2) is 4.01. The number of rotatable bonds is 2. The summed E-state index contributed by atoms with van der Waals surface area (Å²) in [5, 5.41) is -2.41. The maximum atomic E-state index is 14.2. The van der Waals surface area contributed by atoms with Crippen LogP contribution >= 0.6 is 0 Å². The van der Waals surface area contributed by atoms with Crippen LogP contribution in [0.25, 0.3) is 0 Å². The summed E-state index contributed by atoms with van der Waals surface area (Å²) in [6.45, 7) is 4.57. The van der Waals surface area contributed by atoms with Crippen molar-refractivity contribution >= 4 is 18.6 Å². The summed E-state index contributed by atoms with van der Waals surface area (Å²) in [7, 11) is 0. The van der Waals surface area contributed by atoms with Gasteiger partial charge >= 0.3 is 90.1 Å². The molecule has 0 aliphatic carbocycles. The van der Waals surface area contributed by atoms with E-state index < -0.39 is 24.8 Å². The summed E-state index contributed by atoms with van der Waals surface area (Å²) >= 11 is -5.67. The third kappa shape index (κ3) is 3.41. The number of hydrogen-bond donors (Lipinski definition) is 0. The van der Waals surface area contributed by atoms with Crippen molar-refractivity contribution in [2.24, 2.45) is 5.41 Å². The fourth-order valence-corrected chi connectivity index (χ4v) is 4.75. The molecule has 0 aliphatic rings. The zero-order valence-electron chi connectivity index (χ0n) is 10.6. The molecule has 14 heavy (non-hydrogen) atoms. The minimum absolute atomic E-state index is 0.0950. The molecule has 0 saturated carbocycles. The number of benzene rings is 1. The van der Waals surface area contributed by atoms with Gasteiger partial charge in [0.25, 0.3) is 0 Å². The summed E-state index contributed by atoms with van der Waals surface area (Å²) in [4.78, 5) is 0. The topological polar surface area (TPSA) is 0 Å². The fraction of sp³-hybridized carbons (Fsp3) is 0.455. The molecule has 0 amide bonds. The van der Waals surface area contributed by atoms with Crippen LogP contribution in [-0.2, 0) is 0 Å². The molecule has 0 aromatic heterocycles. The Bertz CT molecular complexity index is 358. The Hall–Kier alpha value is -0.377. The van der Waals surface area contributed by atoms with Crippen LogP contribution in [0.4, 0.5) is 7.00 Å². The predicted molar refractivity (Wildman–Crippen MR) is 58.3 cm³/mol. The van der Waals surface area contributed by atoms with E-state index >= 15 is 0 Å². The first kappa shape index (κ1) is 8.89. The van der Waals surface area contributed by atoms with Crippen LogP contribution < -0.4 is 4.40 Å². The summed E-state index contributed by atoms with van der Waals surface area (Å²) in [5.74, 6) is 0. The fourth-order valence-electron chi connectivity index (χ4n) is 1.19. The van der Waals surface area contributed by atoms with Gasteiger partial charge in [0.1, 0.15) is 0 Å². The second-order valence-electron chi connectivity index (χ2n) is 4.32. The van der Waals surface area contributed by atoms with E-state index in [0.29, 0.717) is 0 Å². The monoisotopic (exact) mass is 262 g/mol. The van der Waals surface area contributed by atoms with Crippen molar-refractivity contribution in [2.45, 2.75) is 26.0 Å². The first-order chi connectivity index (χ1) is 7.11. The van der Waals surface area contributed by atoms with Crippen LogP contribution in [0, 0.1) is 5.41 Å². The van der Waals surface area contributed by atoms with Crippen molar-refractivity contribution in [3.05, 3.63) is 30.3 Å². The van der Waals surface area contributed by atoms with E-state index in [1.807, 2.05) is 0 Å². The zero-order chi connectivity index (χ0) is 12.6. The molecule has 0 aliphatic heterocycles. The maximum absolute atomic E-state index is 14.2. The third-order valence-corrected chi connectivity index (χ3v) is 6.12. The Labute approximate surface area is 90.5 Å². The van der Waals surface area contributed by atoms with Crippen LogP contribution in [-0.4, -0.2) is 14.2 Å². The number of hydrogen-bond acceptors (Lipinski definition) is 0. The van der Waals surface area contributed by atoms with Gasteiger partial charge in [-0.25, -0.2) is 0 Å². The summed E-state index contributed by atoms with van der Waals surface area (Å²) < 4.78 is 43.8. The standard InChI is InChI=1S/C11H16F2Ge/c1-11(2,3)9-14(12,13)10-7-5-4-6-8-10/h4-8H,9H2,1-3H3/i9D2. The molecule has 0 atom stereocenters. The molecule has 0 heterocycles. The van der Waals surface area contributed by atoms with E-state index in [4.69, 9.17) is 2.74 Å². The Morgan fingerprint density at radius 1 is 1.21 bits per heavy atom. The third-order valence-electron chi connectivity index (χ3n) is 1.67. The van der Waals surface area contributed by atoms with Crippen LogP contribution in [0.5, 0.6) is 0 Å². The van der Waals surface area contributed by atoms with E-state index in [1.165, 1.54) is 45.0 Å². The van der Waals surface area contributed by atoms with Gasteiger partial charge in [0.05, 0.1) is 0 Å².